The van der Waals surface area contributed by atoms with E-state index in [4.69, 9.17) is 9.15 Å². The van der Waals surface area contributed by atoms with Gasteiger partial charge in [-0.25, -0.2) is 4.79 Å². The number of nitro groups is 1. The highest BCUT2D eigenvalue weighted by Gasteiger charge is 2.16. The number of esters is 1. The largest absolute Gasteiger partial charge is 0.506 e. The Labute approximate surface area is 158 Å². The van der Waals surface area contributed by atoms with Gasteiger partial charge in [0.25, 0.3) is 11.6 Å². The van der Waals surface area contributed by atoms with Crippen molar-refractivity contribution in [3.8, 4) is 17.1 Å². The quantitative estimate of drug-likeness (QED) is 0.289. The van der Waals surface area contributed by atoms with Gasteiger partial charge in [-0.2, -0.15) is 0 Å². The molecule has 1 amide bonds. The van der Waals surface area contributed by atoms with Crippen molar-refractivity contribution in [2.75, 3.05) is 11.9 Å². The number of amides is 1. The van der Waals surface area contributed by atoms with Crippen LogP contribution in [0.25, 0.3) is 11.3 Å². The third-order valence-corrected chi connectivity index (χ3v) is 3.68. The van der Waals surface area contributed by atoms with Crippen molar-refractivity contribution in [3.05, 3.63) is 76.5 Å². The highest BCUT2D eigenvalue weighted by molar-refractivity contribution is 5.95. The number of carbonyl (C=O) groups is 2. The number of para-hydroxylation sites is 2. The molecule has 9 heteroatoms. The van der Waals surface area contributed by atoms with Gasteiger partial charge >= 0.3 is 5.97 Å². The summed E-state index contributed by atoms with van der Waals surface area (Å²) in [5.74, 6) is -1.39. The Morgan fingerprint density at radius 3 is 2.46 bits per heavy atom. The Morgan fingerprint density at radius 2 is 1.79 bits per heavy atom. The van der Waals surface area contributed by atoms with Crippen molar-refractivity contribution >= 4 is 23.3 Å². The van der Waals surface area contributed by atoms with E-state index in [1.54, 1.807) is 12.1 Å². The Hall–Kier alpha value is -4.14. The number of phenols is 1. The van der Waals surface area contributed by atoms with Gasteiger partial charge in [-0.15, -0.1) is 0 Å². The molecular formula is C19H14N2O7. The molecule has 0 saturated carbocycles. The first-order valence-electron chi connectivity index (χ1n) is 8.03. The number of aromatic hydroxyl groups is 1. The van der Waals surface area contributed by atoms with E-state index in [2.05, 4.69) is 5.32 Å². The summed E-state index contributed by atoms with van der Waals surface area (Å²) in [6.45, 7) is -0.569. The molecule has 0 bridgehead atoms. The predicted octanol–water partition coefficient (Wildman–Crippen LogP) is 3.36. The molecular weight excluding hydrogens is 368 g/mol. The molecule has 1 heterocycles. The van der Waals surface area contributed by atoms with Crippen LogP contribution in [0, 0.1) is 10.1 Å². The zero-order valence-corrected chi connectivity index (χ0v) is 14.3. The molecule has 0 aliphatic heterocycles. The lowest BCUT2D eigenvalue weighted by molar-refractivity contribution is -0.384. The first-order valence-corrected chi connectivity index (χ1v) is 8.03. The Balaban J connectivity index is 1.59. The van der Waals surface area contributed by atoms with Crippen LogP contribution in [0.4, 0.5) is 11.4 Å². The maximum atomic E-state index is 12.0. The summed E-state index contributed by atoms with van der Waals surface area (Å²) in [6, 6.07) is 14.6. The minimum absolute atomic E-state index is 0.0644. The first kappa shape index (κ1) is 18.6. The predicted molar refractivity (Wildman–Crippen MR) is 97.8 cm³/mol. The smallest absolute Gasteiger partial charge is 0.374 e. The molecule has 2 N–H and O–H groups in total. The third-order valence-electron chi connectivity index (χ3n) is 3.68. The van der Waals surface area contributed by atoms with Gasteiger partial charge in [0.2, 0.25) is 5.76 Å². The van der Waals surface area contributed by atoms with Crippen molar-refractivity contribution in [1.29, 1.82) is 0 Å². The van der Waals surface area contributed by atoms with Gasteiger partial charge < -0.3 is 19.6 Å². The number of furan rings is 1. The fraction of sp³-hybridized carbons (Fsp3) is 0.0526. The van der Waals surface area contributed by atoms with E-state index in [-0.39, 0.29) is 22.9 Å². The molecule has 0 radical (unpaired) electrons. The van der Waals surface area contributed by atoms with Gasteiger partial charge in [0.05, 0.1) is 10.6 Å². The van der Waals surface area contributed by atoms with Crippen molar-refractivity contribution in [3.63, 3.8) is 0 Å². The second kappa shape index (κ2) is 8.04. The van der Waals surface area contributed by atoms with Gasteiger partial charge in [0.15, 0.2) is 6.61 Å². The van der Waals surface area contributed by atoms with Crippen LogP contribution in [0.5, 0.6) is 5.75 Å². The second-order valence-corrected chi connectivity index (χ2v) is 5.61. The van der Waals surface area contributed by atoms with E-state index < -0.39 is 23.4 Å². The zero-order valence-electron chi connectivity index (χ0n) is 14.3. The minimum atomic E-state index is -0.847. The number of carbonyl (C=O) groups excluding carboxylic acids is 2. The lowest BCUT2D eigenvalue weighted by atomic mass is 10.1. The number of ether oxygens (including phenoxy) is 1. The molecule has 3 rings (SSSR count). The number of nitrogens with zero attached hydrogens (tertiary/aromatic N) is 1. The Kier molecular flexibility index (Phi) is 5.35. The van der Waals surface area contributed by atoms with Crippen molar-refractivity contribution in [1.82, 2.24) is 0 Å². The van der Waals surface area contributed by atoms with E-state index in [0.717, 1.165) is 0 Å². The molecule has 1 aromatic heterocycles. The number of nitro benzene ring substituents is 1. The summed E-state index contributed by atoms with van der Waals surface area (Å²) in [4.78, 5) is 34.0. The Bertz CT molecular complexity index is 1020. The fourth-order valence-electron chi connectivity index (χ4n) is 2.32. The van der Waals surface area contributed by atoms with E-state index in [1.165, 1.54) is 48.5 Å². The van der Waals surface area contributed by atoms with Crippen LogP contribution < -0.4 is 5.32 Å². The molecule has 2 aromatic carbocycles. The SMILES string of the molecule is O=C(COC(=O)c1ccc(-c2ccc([N+](=O)[O-])cc2)o1)Nc1ccccc1O. The summed E-state index contributed by atoms with van der Waals surface area (Å²) < 4.78 is 10.3. The first-order chi connectivity index (χ1) is 13.4. The maximum Gasteiger partial charge on any atom is 0.374 e. The molecule has 9 nitrogen and oxygen atoms in total. The number of non-ortho nitro benzene ring substituents is 1. The average Bonchev–Trinajstić information content (AvgIpc) is 3.18. The molecule has 0 spiro atoms. The summed E-state index contributed by atoms with van der Waals surface area (Å²) in [5, 5.41) is 22.7. The van der Waals surface area contributed by atoms with E-state index in [9.17, 15) is 24.8 Å². The molecule has 0 aliphatic rings. The molecule has 0 aliphatic carbocycles. The van der Waals surface area contributed by atoms with E-state index >= 15 is 0 Å². The average molecular weight is 382 g/mol. The lowest BCUT2D eigenvalue weighted by Gasteiger charge is -2.07. The minimum Gasteiger partial charge on any atom is -0.506 e. The molecule has 0 unspecified atom stereocenters. The van der Waals surface area contributed by atoms with Gasteiger partial charge in [0.1, 0.15) is 11.5 Å². The Morgan fingerprint density at radius 1 is 1.07 bits per heavy atom. The van der Waals surface area contributed by atoms with Crippen molar-refractivity contribution in [2.45, 2.75) is 0 Å². The van der Waals surface area contributed by atoms with Crippen LogP contribution in [0.15, 0.2) is 65.1 Å². The topological polar surface area (TPSA) is 132 Å². The highest BCUT2D eigenvalue weighted by atomic mass is 16.6. The molecule has 142 valence electrons. The normalized spacial score (nSPS) is 10.3. The van der Waals surface area contributed by atoms with E-state index in [0.29, 0.717) is 11.3 Å². The van der Waals surface area contributed by atoms with Gasteiger partial charge in [-0.3, -0.25) is 14.9 Å². The second-order valence-electron chi connectivity index (χ2n) is 5.61. The standard InChI is InChI=1S/C19H14N2O7/c22-15-4-2-1-3-14(15)20-18(23)11-27-19(24)17-10-9-16(28-17)12-5-7-13(8-6-12)21(25)26/h1-10,22H,11H2,(H,20,23). The van der Waals surface area contributed by atoms with Crippen molar-refractivity contribution in [2.24, 2.45) is 0 Å². The fourth-order valence-corrected chi connectivity index (χ4v) is 2.32. The van der Waals surface area contributed by atoms with Crippen LogP contribution in [0.3, 0.4) is 0 Å². The molecule has 3 aromatic rings. The highest BCUT2D eigenvalue weighted by Crippen LogP contribution is 2.25. The number of hydrogen-bond acceptors (Lipinski definition) is 7. The maximum absolute atomic E-state index is 12.0. The van der Waals surface area contributed by atoms with Crippen LogP contribution in [-0.4, -0.2) is 28.5 Å². The van der Waals surface area contributed by atoms with Gasteiger partial charge in [-0.05, 0) is 36.4 Å². The summed E-state index contributed by atoms with van der Waals surface area (Å²) in [6.07, 6.45) is 0. The summed E-state index contributed by atoms with van der Waals surface area (Å²) in [7, 11) is 0. The molecule has 0 atom stereocenters. The van der Waals surface area contributed by atoms with Gasteiger partial charge in [0, 0.05) is 17.7 Å². The number of anilines is 1. The monoisotopic (exact) mass is 382 g/mol. The summed E-state index contributed by atoms with van der Waals surface area (Å²) in [5.41, 5.74) is 0.675. The number of rotatable bonds is 6. The van der Waals surface area contributed by atoms with Crippen molar-refractivity contribution < 1.29 is 28.8 Å². The van der Waals surface area contributed by atoms with Crippen LogP contribution >= 0.6 is 0 Å². The third kappa shape index (κ3) is 4.33. The zero-order chi connectivity index (χ0) is 20.1. The number of hydrogen-bond donors (Lipinski definition) is 2. The summed E-state index contributed by atoms with van der Waals surface area (Å²) >= 11 is 0. The van der Waals surface area contributed by atoms with Crippen LogP contribution in [0.1, 0.15) is 10.6 Å². The van der Waals surface area contributed by atoms with Gasteiger partial charge in [-0.1, -0.05) is 12.1 Å². The van der Waals surface area contributed by atoms with Crippen LogP contribution in [-0.2, 0) is 9.53 Å². The number of nitrogens with one attached hydrogen (secondary N) is 1. The molecule has 0 fully saturated rings. The number of benzene rings is 2. The van der Waals surface area contributed by atoms with E-state index in [1.807, 2.05) is 0 Å². The lowest BCUT2D eigenvalue weighted by Crippen LogP contribution is -2.20. The number of phenolic OH excluding ortho intramolecular Hbond substituents is 1. The molecule has 28 heavy (non-hydrogen) atoms. The molecule has 0 saturated heterocycles. The van der Waals surface area contributed by atoms with Crippen LogP contribution in [0.2, 0.25) is 0 Å².